The van der Waals surface area contributed by atoms with Gasteiger partial charge < -0.3 is 15.4 Å². The fraction of sp³-hybridized carbons (Fsp3) is 0.200. The molecule has 0 unspecified atom stereocenters. The first-order valence-electron chi connectivity index (χ1n) is 10.5. The lowest BCUT2D eigenvalue weighted by Crippen LogP contribution is -2.44. The van der Waals surface area contributed by atoms with E-state index in [0.717, 1.165) is 11.3 Å². The van der Waals surface area contributed by atoms with Crippen LogP contribution in [-0.2, 0) is 6.54 Å². The van der Waals surface area contributed by atoms with Gasteiger partial charge in [-0.25, -0.2) is 14.8 Å². The van der Waals surface area contributed by atoms with Crippen LogP contribution < -0.4 is 5.32 Å². The zero-order valence-electron chi connectivity index (χ0n) is 18.7. The van der Waals surface area contributed by atoms with Gasteiger partial charge in [-0.2, -0.15) is 0 Å². The van der Waals surface area contributed by atoms with Gasteiger partial charge in [-0.15, -0.1) is 0 Å². The molecule has 0 bridgehead atoms. The molecule has 8 nitrogen and oxygen atoms in total. The lowest BCUT2D eigenvalue weighted by molar-refractivity contribution is 0.0954. The molecule has 168 valence electrons. The number of H-pyrrole nitrogens is 1. The van der Waals surface area contributed by atoms with E-state index in [9.17, 15) is 14.7 Å². The molecule has 2 heterocycles. The van der Waals surface area contributed by atoms with Crippen LogP contribution in [0.25, 0.3) is 11.0 Å². The van der Waals surface area contributed by atoms with Gasteiger partial charge in [0.2, 0.25) is 0 Å². The molecule has 0 radical (unpaired) electrons. The highest BCUT2D eigenvalue weighted by atomic mass is 16.4. The Morgan fingerprint density at radius 3 is 2.36 bits per heavy atom. The Hall–Kier alpha value is -4.20. The summed E-state index contributed by atoms with van der Waals surface area (Å²) in [6, 6.07) is 16.5. The van der Waals surface area contributed by atoms with Crippen molar-refractivity contribution in [1.82, 2.24) is 19.9 Å². The molecule has 0 saturated heterocycles. The first kappa shape index (κ1) is 22.0. The maximum absolute atomic E-state index is 13.1. The van der Waals surface area contributed by atoms with E-state index in [1.165, 1.54) is 11.2 Å². The summed E-state index contributed by atoms with van der Waals surface area (Å²) in [6.45, 7) is 5.87. The molecule has 0 spiro atoms. The number of benzene rings is 2. The van der Waals surface area contributed by atoms with Crippen LogP contribution in [0.5, 0.6) is 0 Å². The van der Waals surface area contributed by atoms with Crippen molar-refractivity contribution in [1.29, 1.82) is 0 Å². The number of nitrogens with zero attached hydrogens (tertiary/aromatic N) is 3. The Morgan fingerprint density at radius 1 is 1.03 bits per heavy atom. The third-order valence-electron chi connectivity index (χ3n) is 5.35. The number of hydrogen-bond acceptors (Lipinski definition) is 5. The third-order valence-corrected chi connectivity index (χ3v) is 5.35. The third kappa shape index (κ3) is 4.69. The van der Waals surface area contributed by atoms with Crippen LogP contribution in [0.2, 0.25) is 0 Å². The van der Waals surface area contributed by atoms with Crippen molar-refractivity contribution in [2.45, 2.75) is 32.9 Å². The molecule has 1 amide bonds. The summed E-state index contributed by atoms with van der Waals surface area (Å²) in [5.41, 5.74) is 2.75. The number of carboxylic acid groups (broad SMARTS) is 1. The molecule has 33 heavy (non-hydrogen) atoms. The summed E-state index contributed by atoms with van der Waals surface area (Å²) < 4.78 is 0. The van der Waals surface area contributed by atoms with E-state index in [1.54, 1.807) is 18.3 Å². The fourth-order valence-electron chi connectivity index (χ4n) is 3.59. The topological polar surface area (TPSA) is 111 Å². The number of ketones is 1. The minimum Gasteiger partial charge on any atom is -0.465 e. The first-order chi connectivity index (χ1) is 15.7. The van der Waals surface area contributed by atoms with Crippen molar-refractivity contribution in [3.05, 3.63) is 83.8 Å². The molecule has 0 saturated carbocycles. The minimum atomic E-state index is -0.962. The predicted octanol–water partition coefficient (Wildman–Crippen LogP) is 5.21. The highest BCUT2D eigenvalue weighted by Crippen LogP contribution is 2.28. The second kappa shape index (κ2) is 8.74. The van der Waals surface area contributed by atoms with Crippen molar-refractivity contribution < 1.29 is 14.7 Å². The molecule has 0 aliphatic rings. The molecule has 2 aromatic heterocycles. The Balaban J connectivity index is 1.60. The van der Waals surface area contributed by atoms with E-state index in [0.29, 0.717) is 28.0 Å². The smallest absolute Gasteiger partial charge is 0.408 e. The van der Waals surface area contributed by atoms with Crippen LogP contribution >= 0.6 is 0 Å². The van der Waals surface area contributed by atoms with Crippen LogP contribution in [0, 0.1) is 0 Å². The number of aromatic amines is 1. The number of fused-ring (bicyclic) bond motifs is 1. The van der Waals surface area contributed by atoms with E-state index in [2.05, 4.69) is 20.3 Å². The van der Waals surface area contributed by atoms with Gasteiger partial charge in [0.25, 0.3) is 0 Å². The number of rotatable bonds is 6. The van der Waals surface area contributed by atoms with Gasteiger partial charge in [0.15, 0.2) is 5.78 Å². The van der Waals surface area contributed by atoms with Crippen molar-refractivity contribution >= 4 is 34.4 Å². The van der Waals surface area contributed by atoms with Crippen molar-refractivity contribution in [3.8, 4) is 0 Å². The van der Waals surface area contributed by atoms with E-state index in [4.69, 9.17) is 0 Å². The minimum absolute atomic E-state index is 0.119. The van der Waals surface area contributed by atoms with E-state index < -0.39 is 11.6 Å². The van der Waals surface area contributed by atoms with Gasteiger partial charge in [-0.05, 0) is 38.5 Å². The highest BCUT2D eigenvalue weighted by molar-refractivity contribution is 6.18. The molecule has 0 atom stereocenters. The molecule has 2 aromatic carbocycles. The lowest BCUT2D eigenvalue weighted by atomic mass is 10.0. The second-order valence-electron chi connectivity index (χ2n) is 8.70. The quantitative estimate of drug-likeness (QED) is 0.353. The first-order valence-corrected chi connectivity index (χ1v) is 10.5. The number of hydrogen-bond donors (Lipinski definition) is 3. The number of nitrogens with one attached hydrogen (secondary N) is 2. The van der Waals surface area contributed by atoms with E-state index in [1.807, 2.05) is 63.2 Å². The molecular formula is C25H25N5O3. The van der Waals surface area contributed by atoms with E-state index >= 15 is 0 Å². The van der Waals surface area contributed by atoms with Crippen LogP contribution in [-0.4, -0.2) is 42.4 Å². The zero-order chi connectivity index (χ0) is 23.6. The number of anilines is 2. The Morgan fingerprint density at radius 2 is 1.73 bits per heavy atom. The van der Waals surface area contributed by atoms with Crippen LogP contribution in [0.3, 0.4) is 0 Å². The summed E-state index contributed by atoms with van der Waals surface area (Å²) in [5, 5.41) is 13.4. The zero-order valence-corrected chi connectivity index (χ0v) is 18.7. The Bertz CT molecular complexity index is 1290. The van der Waals surface area contributed by atoms with Gasteiger partial charge in [-0.3, -0.25) is 9.69 Å². The average Bonchev–Trinajstić information content (AvgIpc) is 3.23. The van der Waals surface area contributed by atoms with E-state index in [-0.39, 0.29) is 12.3 Å². The number of amides is 1. The van der Waals surface area contributed by atoms with Gasteiger partial charge in [0.1, 0.15) is 17.8 Å². The fourth-order valence-corrected chi connectivity index (χ4v) is 3.59. The largest absolute Gasteiger partial charge is 0.465 e. The number of aromatic nitrogens is 3. The van der Waals surface area contributed by atoms with Gasteiger partial charge in [-0.1, -0.05) is 42.5 Å². The normalized spacial score (nSPS) is 11.4. The molecule has 3 N–H and O–H groups in total. The lowest BCUT2D eigenvalue weighted by Gasteiger charge is -2.33. The SMILES string of the molecule is CC(C)(C)N(Cc1ccc(Nc2ncnc3[nH]cc(C(=O)c4ccccc4)c23)cc1)C(=O)O. The number of carbonyl (C=O) groups is 2. The molecule has 8 heteroatoms. The summed E-state index contributed by atoms with van der Waals surface area (Å²) in [4.78, 5) is 37.7. The Labute approximate surface area is 191 Å². The average molecular weight is 444 g/mol. The maximum atomic E-state index is 13.1. The summed E-state index contributed by atoms with van der Waals surface area (Å²) >= 11 is 0. The molecule has 0 aliphatic heterocycles. The van der Waals surface area contributed by atoms with Crippen LogP contribution in [0.1, 0.15) is 42.3 Å². The molecular weight excluding hydrogens is 418 g/mol. The Kier molecular flexibility index (Phi) is 5.83. The summed E-state index contributed by atoms with van der Waals surface area (Å²) in [7, 11) is 0. The maximum Gasteiger partial charge on any atom is 0.408 e. The monoisotopic (exact) mass is 443 g/mol. The van der Waals surface area contributed by atoms with Crippen LogP contribution in [0.4, 0.5) is 16.3 Å². The summed E-state index contributed by atoms with van der Waals surface area (Å²) in [5.74, 6) is 0.390. The molecule has 4 aromatic rings. The second-order valence-corrected chi connectivity index (χ2v) is 8.70. The predicted molar refractivity (Wildman–Crippen MR) is 127 cm³/mol. The number of carbonyl (C=O) groups excluding carboxylic acids is 1. The van der Waals surface area contributed by atoms with Crippen molar-refractivity contribution in [3.63, 3.8) is 0 Å². The van der Waals surface area contributed by atoms with Crippen molar-refractivity contribution in [2.24, 2.45) is 0 Å². The molecule has 4 rings (SSSR count). The summed E-state index contributed by atoms with van der Waals surface area (Å²) in [6.07, 6.45) is 2.12. The molecule has 0 aliphatic carbocycles. The van der Waals surface area contributed by atoms with Gasteiger partial charge >= 0.3 is 6.09 Å². The van der Waals surface area contributed by atoms with Gasteiger partial charge in [0, 0.05) is 29.5 Å². The molecule has 0 fully saturated rings. The standard InChI is InChI=1S/C25H25N5O3/c1-25(2,3)30(24(32)33)14-16-9-11-18(12-10-16)29-23-20-19(13-26-22(20)27-15-28-23)21(31)17-7-5-4-6-8-17/h4-13,15H,14H2,1-3H3,(H,32,33)(H2,26,27,28,29). The van der Waals surface area contributed by atoms with Crippen molar-refractivity contribution in [2.75, 3.05) is 5.32 Å². The van der Waals surface area contributed by atoms with Crippen LogP contribution in [0.15, 0.2) is 67.1 Å². The highest BCUT2D eigenvalue weighted by Gasteiger charge is 2.26. The van der Waals surface area contributed by atoms with Gasteiger partial charge in [0.05, 0.1) is 10.9 Å².